The van der Waals surface area contributed by atoms with Crippen LogP contribution in [-0.4, -0.2) is 16.4 Å². The average molecular weight is 294 g/mol. The van der Waals surface area contributed by atoms with Gasteiger partial charge >= 0.3 is 6.16 Å². The Morgan fingerprint density at radius 2 is 1.52 bits per heavy atom. The lowest BCUT2D eigenvalue weighted by atomic mass is 9.89. The van der Waals surface area contributed by atoms with Crippen molar-refractivity contribution >= 4 is 6.16 Å². The highest BCUT2D eigenvalue weighted by Crippen LogP contribution is 2.40. The maximum absolute atomic E-state index is 10.9. The molecule has 0 aliphatic rings. The summed E-state index contributed by atoms with van der Waals surface area (Å²) < 4.78 is 4.90. The zero-order valence-corrected chi connectivity index (χ0v) is 13.5. The van der Waals surface area contributed by atoms with Crippen LogP contribution in [-0.2, 0) is 12.8 Å². The summed E-state index contributed by atoms with van der Waals surface area (Å²) in [6.07, 6.45) is 4.29. The number of hydrogen-bond donors (Lipinski definition) is 2. The van der Waals surface area contributed by atoms with E-state index in [1.807, 2.05) is 6.92 Å². The molecule has 1 rings (SSSR count). The van der Waals surface area contributed by atoms with Gasteiger partial charge in [-0.1, -0.05) is 26.7 Å². The molecule has 118 valence electrons. The number of phenols is 1. The number of ether oxygens (including phenoxy) is 1. The van der Waals surface area contributed by atoms with Crippen LogP contribution in [0.5, 0.6) is 11.5 Å². The van der Waals surface area contributed by atoms with E-state index in [0.29, 0.717) is 5.56 Å². The Hall–Kier alpha value is -1.71. The van der Waals surface area contributed by atoms with Crippen molar-refractivity contribution in [1.29, 1.82) is 0 Å². The van der Waals surface area contributed by atoms with E-state index in [9.17, 15) is 9.90 Å². The molecule has 0 saturated carbocycles. The van der Waals surface area contributed by atoms with Gasteiger partial charge < -0.3 is 14.9 Å². The van der Waals surface area contributed by atoms with Crippen molar-refractivity contribution in [3.8, 4) is 11.5 Å². The number of carboxylic acid groups (broad SMARTS) is 1. The van der Waals surface area contributed by atoms with Gasteiger partial charge in [-0.2, -0.15) is 0 Å². The maximum atomic E-state index is 10.9. The number of aromatic hydroxyl groups is 1. The lowest BCUT2D eigenvalue weighted by molar-refractivity contribution is 0.142. The fourth-order valence-electron chi connectivity index (χ4n) is 2.59. The van der Waals surface area contributed by atoms with Crippen LogP contribution in [0.15, 0.2) is 0 Å². The van der Waals surface area contributed by atoms with Gasteiger partial charge in [-0.25, -0.2) is 4.79 Å². The molecule has 0 fully saturated rings. The van der Waals surface area contributed by atoms with E-state index in [4.69, 9.17) is 9.84 Å². The van der Waals surface area contributed by atoms with Gasteiger partial charge in [-0.15, -0.1) is 0 Å². The fraction of sp³-hybridized carbons (Fsp3) is 0.588. The Morgan fingerprint density at radius 3 is 2.00 bits per heavy atom. The first kappa shape index (κ1) is 17.3. The maximum Gasteiger partial charge on any atom is 0.511 e. The van der Waals surface area contributed by atoms with Crippen LogP contribution in [0.1, 0.15) is 61.8 Å². The van der Waals surface area contributed by atoms with Gasteiger partial charge in [0, 0.05) is 5.56 Å². The van der Waals surface area contributed by atoms with E-state index in [-0.39, 0.29) is 11.5 Å². The smallest absolute Gasteiger partial charge is 0.504 e. The summed E-state index contributed by atoms with van der Waals surface area (Å²) in [7, 11) is 0. The van der Waals surface area contributed by atoms with Crippen molar-refractivity contribution < 1.29 is 19.7 Å². The van der Waals surface area contributed by atoms with E-state index < -0.39 is 6.16 Å². The van der Waals surface area contributed by atoms with Crippen molar-refractivity contribution in [3.63, 3.8) is 0 Å². The number of phenolic OH excluding ortho intramolecular Hbond substituents is 1. The molecule has 4 nitrogen and oxygen atoms in total. The molecular formula is C17H26O4. The summed E-state index contributed by atoms with van der Waals surface area (Å²) in [5.74, 6) is 0.0893. The van der Waals surface area contributed by atoms with E-state index in [1.165, 1.54) is 0 Å². The van der Waals surface area contributed by atoms with Crippen LogP contribution in [0.3, 0.4) is 0 Å². The van der Waals surface area contributed by atoms with E-state index in [1.54, 1.807) is 6.92 Å². The van der Waals surface area contributed by atoms with Crippen molar-refractivity contribution in [1.82, 2.24) is 0 Å². The minimum Gasteiger partial charge on any atom is -0.504 e. The molecule has 2 N–H and O–H groups in total. The molecule has 0 aromatic heterocycles. The summed E-state index contributed by atoms with van der Waals surface area (Å²) in [6, 6.07) is 0. The average Bonchev–Trinajstić information content (AvgIpc) is 2.45. The Labute approximate surface area is 126 Å². The molecule has 1 aromatic carbocycles. The van der Waals surface area contributed by atoms with Gasteiger partial charge in [0.2, 0.25) is 0 Å². The Balaban J connectivity index is 3.42. The van der Waals surface area contributed by atoms with Crippen LogP contribution in [0.2, 0.25) is 0 Å². The first-order valence-corrected chi connectivity index (χ1v) is 7.68. The zero-order valence-electron chi connectivity index (χ0n) is 13.5. The third-order valence-corrected chi connectivity index (χ3v) is 3.97. The van der Waals surface area contributed by atoms with E-state index >= 15 is 0 Å². The van der Waals surface area contributed by atoms with Gasteiger partial charge in [0.05, 0.1) is 0 Å². The summed E-state index contributed by atoms with van der Waals surface area (Å²) in [5.41, 5.74) is 3.74. The minimum atomic E-state index is -1.38. The molecule has 0 aliphatic heterocycles. The third-order valence-electron chi connectivity index (χ3n) is 3.97. The van der Waals surface area contributed by atoms with Gasteiger partial charge in [0.1, 0.15) is 0 Å². The molecule has 0 radical (unpaired) electrons. The summed E-state index contributed by atoms with van der Waals surface area (Å²) in [5, 5.41) is 19.2. The van der Waals surface area contributed by atoms with Crippen molar-refractivity contribution in [3.05, 3.63) is 22.3 Å². The number of benzene rings is 1. The number of unbranched alkanes of at least 4 members (excludes halogenated alkanes) is 2. The first-order valence-electron chi connectivity index (χ1n) is 7.68. The first-order chi connectivity index (χ1) is 9.93. The standard InChI is InChI=1S/C17H26O4/c1-5-7-9-13-11(3)12(4)15(18)16(21-17(19)20)14(13)10-8-6-2/h18H,5-10H2,1-4H3,(H,19,20). The van der Waals surface area contributed by atoms with Crippen molar-refractivity contribution in [2.75, 3.05) is 0 Å². The Bertz CT molecular complexity index is 506. The monoisotopic (exact) mass is 294 g/mol. The van der Waals surface area contributed by atoms with E-state index in [2.05, 4.69) is 13.8 Å². The van der Waals surface area contributed by atoms with Gasteiger partial charge in [-0.3, -0.25) is 0 Å². The minimum absolute atomic E-state index is 0.0405. The second-order valence-electron chi connectivity index (χ2n) is 5.46. The SMILES string of the molecule is CCCCc1c(C)c(C)c(O)c(OC(=O)O)c1CCCC. The summed E-state index contributed by atoms with van der Waals surface area (Å²) in [6.45, 7) is 8.01. The second kappa shape index (κ2) is 7.91. The molecule has 21 heavy (non-hydrogen) atoms. The van der Waals surface area contributed by atoms with Gasteiger partial charge in [-0.05, 0) is 56.2 Å². The highest BCUT2D eigenvalue weighted by atomic mass is 16.7. The quantitative estimate of drug-likeness (QED) is 0.562. The lowest BCUT2D eigenvalue weighted by Gasteiger charge is -2.20. The molecule has 0 aliphatic carbocycles. The van der Waals surface area contributed by atoms with Crippen molar-refractivity contribution in [2.24, 2.45) is 0 Å². The largest absolute Gasteiger partial charge is 0.511 e. The predicted molar refractivity (Wildman–Crippen MR) is 83.5 cm³/mol. The number of rotatable bonds is 7. The number of carbonyl (C=O) groups is 1. The van der Waals surface area contributed by atoms with Crippen LogP contribution in [0, 0.1) is 13.8 Å². The molecule has 0 amide bonds. The molecule has 0 atom stereocenters. The topological polar surface area (TPSA) is 66.8 Å². The lowest BCUT2D eigenvalue weighted by Crippen LogP contribution is -2.10. The van der Waals surface area contributed by atoms with Gasteiger partial charge in [0.15, 0.2) is 11.5 Å². The molecule has 0 heterocycles. The van der Waals surface area contributed by atoms with Gasteiger partial charge in [0.25, 0.3) is 0 Å². The highest BCUT2D eigenvalue weighted by molar-refractivity contribution is 5.67. The molecule has 0 saturated heterocycles. The molecule has 0 bridgehead atoms. The number of hydrogen-bond acceptors (Lipinski definition) is 3. The summed E-state index contributed by atoms with van der Waals surface area (Å²) in [4.78, 5) is 10.9. The van der Waals surface area contributed by atoms with Crippen LogP contribution < -0.4 is 4.74 Å². The predicted octanol–water partition coefficient (Wildman–Crippen LogP) is 4.75. The third kappa shape index (κ3) is 4.13. The Kier molecular flexibility index (Phi) is 6.53. The molecule has 0 unspecified atom stereocenters. The molecular weight excluding hydrogens is 268 g/mol. The second-order valence-corrected chi connectivity index (χ2v) is 5.46. The molecule has 1 aromatic rings. The van der Waals surface area contributed by atoms with E-state index in [0.717, 1.165) is 55.2 Å². The summed E-state index contributed by atoms with van der Waals surface area (Å²) >= 11 is 0. The van der Waals surface area contributed by atoms with Crippen LogP contribution in [0.25, 0.3) is 0 Å². The molecule has 4 heteroatoms. The highest BCUT2D eigenvalue weighted by Gasteiger charge is 2.22. The zero-order chi connectivity index (χ0) is 16.0. The van der Waals surface area contributed by atoms with Crippen LogP contribution >= 0.6 is 0 Å². The normalized spacial score (nSPS) is 10.7. The van der Waals surface area contributed by atoms with Crippen molar-refractivity contribution in [2.45, 2.75) is 66.2 Å². The Morgan fingerprint density at radius 1 is 1.00 bits per heavy atom. The van der Waals surface area contributed by atoms with Crippen LogP contribution in [0.4, 0.5) is 4.79 Å². The molecule has 0 spiro atoms. The fourth-order valence-corrected chi connectivity index (χ4v) is 2.59.